The minimum Gasteiger partial charge on any atom is -0.355 e. The molecule has 240 valence electrons. The molecule has 0 aliphatic carbocycles. The Morgan fingerprint density at radius 3 is 1.81 bits per heavy atom. The van der Waals surface area contributed by atoms with Crippen molar-refractivity contribution in [1.82, 2.24) is 19.9 Å². The molecule has 2 aromatic carbocycles. The van der Waals surface area contributed by atoms with E-state index in [9.17, 15) is 4.57 Å². The van der Waals surface area contributed by atoms with Gasteiger partial charge in [0.2, 0.25) is 0 Å². The van der Waals surface area contributed by atoms with Gasteiger partial charge in [0, 0.05) is 44.6 Å². The molecule has 0 spiro atoms. The summed E-state index contributed by atoms with van der Waals surface area (Å²) in [5.74, 6) is 1.55. The second kappa shape index (κ2) is 13.2. The van der Waals surface area contributed by atoms with E-state index in [1.165, 1.54) is 0 Å². The monoisotopic (exact) mass is 652 g/mol. The first-order valence-electron chi connectivity index (χ1n) is 16.1. The van der Waals surface area contributed by atoms with Crippen molar-refractivity contribution in [3.05, 3.63) is 125 Å². The van der Waals surface area contributed by atoms with Gasteiger partial charge in [-0.3, -0.25) is 4.57 Å². The van der Waals surface area contributed by atoms with Crippen LogP contribution in [0.4, 0.5) is 0 Å². The van der Waals surface area contributed by atoms with Crippen LogP contribution in [0.1, 0.15) is 56.0 Å². The summed E-state index contributed by atoms with van der Waals surface area (Å²) in [6.07, 6.45) is 9.33. The van der Waals surface area contributed by atoms with Crippen molar-refractivity contribution in [2.24, 2.45) is 0 Å². The lowest BCUT2D eigenvalue weighted by atomic mass is 10.0. The summed E-state index contributed by atoms with van der Waals surface area (Å²) in [7, 11) is -3.60. The maximum Gasteiger partial charge on any atom is 0.354 e. The van der Waals surface area contributed by atoms with Crippen molar-refractivity contribution in [1.29, 1.82) is 0 Å². The van der Waals surface area contributed by atoms with Crippen LogP contribution in [0, 0.1) is 0 Å². The zero-order valence-electron chi connectivity index (χ0n) is 27.3. The third kappa shape index (κ3) is 6.67. The van der Waals surface area contributed by atoms with Gasteiger partial charge in [0.1, 0.15) is 0 Å². The summed E-state index contributed by atoms with van der Waals surface area (Å²) in [6, 6.07) is 30.7. The van der Waals surface area contributed by atoms with Gasteiger partial charge in [0.05, 0.1) is 35.0 Å². The molecule has 7 nitrogen and oxygen atoms in total. The molecule has 8 heteroatoms. The number of hydrogen-bond acceptors (Lipinski definition) is 5. The molecule has 8 bridgehead atoms. The van der Waals surface area contributed by atoms with Gasteiger partial charge in [0.15, 0.2) is 0 Å². The second-order valence-electron chi connectivity index (χ2n) is 12.3. The summed E-state index contributed by atoms with van der Waals surface area (Å²) in [5, 5.41) is 0. The maximum atomic E-state index is 13.9. The first-order chi connectivity index (χ1) is 23.2. The number of benzene rings is 2. The first kappa shape index (κ1) is 31.5. The zero-order chi connectivity index (χ0) is 33.3. The summed E-state index contributed by atoms with van der Waals surface area (Å²) >= 11 is 0. The SMILES string of the molecule is CC(C)OP(=O)(/C=C/c1c2nc(c(-c3ccccc3)c3ccc(cc4nc(c(-c5ccccc5)c5ccc1[nH]5)C=C4)[nH]3)C=C2)OC(C)C. The predicted octanol–water partition coefficient (Wildman–Crippen LogP) is 11.0. The van der Waals surface area contributed by atoms with Crippen LogP contribution in [0.25, 0.3) is 74.7 Å². The summed E-state index contributed by atoms with van der Waals surface area (Å²) in [6.45, 7) is 7.39. The van der Waals surface area contributed by atoms with Crippen LogP contribution < -0.4 is 0 Å². The van der Waals surface area contributed by atoms with Crippen molar-refractivity contribution in [3.63, 3.8) is 0 Å². The summed E-state index contributed by atoms with van der Waals surface area (Å²) in [5.41, 5.74) is 11.5. The van der Waals surface area contributed by atoms with Gasteiger partial charge in [-0.25, -0.2) is 9.97 Å². The number of fused-ring (bicyclic) bond motifs is 8. The van der Waals surface area contributed by atoms with Gasteiger partial charge < -0.3 is 19.0 Å². The van der Waals surface area contributed by atoms with Gasteiger partial charge in [-0.2, -0.15) is 0 Å². The number of rotatable bonds is 8. The zero-order valence-corrected chi connectivity index (χ0v) is 28.2. The molecule has 5 aromatic rings. The van der Waals surface area contributed by atoms with Crippen LogP contribution in [0.2, 0.25) is 0 Å². The van der Waals surface area contributed by atoms with E-state index in [1.807, 2.05) is 88.4 Å². The molecule has 0 saturated heterocycles. The summed E-state index contributed by atoms with van der Waals surface area (Å²) in [4.78, 5) is 17.5. The Kier molecular flexibility index (Phi) is 8.67. The predicted molar refractivity (Wildman–Crippen MR) is 199 cm³/mol. The second-order valence-corrected chi connectivity index (χ2v) is 14.1. The summed E-state index contributed by atoms with van der Waals surface area (Å²) < 4.78 is 25.7. The molecule has 3 aromatic heterocycles. The van der Waals surface area contributed by atoms with Crippen LogP contribution in [-0.2, 0) is 13.6 Å². The van der Waals surface area contributed by atoms with Crippen LogP contribution in [-0.4, -0.2) is 32.1 Å². The Balaban J connectivity index is 1.58. The number of aromatic amines is 2. The van der Waals surface area contributed by atoms with E-state index in [0.717, 1.165) is 67.0 Å². The van der Waals surface area contributed by atoms with Crippen molar-refractivity contribution < 1.29 is 13.6 Å². The number of hydrogen-bond donors (Lipinski definition) is 2. The fraction of sp³-hybridized carbons (Fsp3) is 0.150. The minimum absolute atomic E-state index is 0.294. The van der Waals surface area contributed by atoms with Crippen LogP contribution in [0.5, 0.6) is 0 Å². The molecule has 0 radical (unpaired) electrons. The average Bonchev–Trinajstić information content (AvgIpc) is 3.88. The van der Waals surface area contributed by atoms with Gasteiger partial charge in [-0.05, 0) is 99.5 Å². The number of nitrogens with zero attached hydrogens (tertiary/aromatic N) is 2. The average molecular weight is 653 g/mol. The Morgan fingerprint density at radius 1 is 0.625 bits per heavy atom. The molecular weight excluding hydrogens is 615 g/mol. The van der Waals surface area contributed by atoms with Crippen molar-refractivity contribution in [2.75, 3.05) is 0 Å². The van der Waals surface area contributed by atoms with E-state index in [2.05, 4.69) is 64.6 Å². The molecule has 48 heavy (non-hydrogen) atoms. The van der Waals surface area contributed by atoms with Crippen LogP contribution >= 0.6 is 7.60 Å². The van der Waals surface area contributed by atoms with Crippen molar-refractivity contribution >= 4 is 60.0 Å². The Bertz CT molecular complexity index is 2230. The van der Waals surface area contributed by atoms with Gasteiger partial charge in [-0.15, -0.1) is 0 Å². The van der Waals surface area contributed by atoms with Gasteiger partial charge in [0.25, 0.3) is 0 Å². The molecule has 0 saturated carbocycles. The molecule has 0 amide bonds. The lowest BCUT2D eigenvalue weighted by molar-refractivity contribution is 0.149. The molecule has 0 unspecified atom stereocenters. The quantitative estimate of drug-likeness (QED) is 0.159. The normalized spacial score (nSPS) is 13.0. The van der Waals surface area contributed by atoms with Crippen molar-refractivity contribution in [3.8, 4) is 22.3 Å². The standard InChI is InChI=1S/C40H37N4O3P/c1-26(2)46-48(45,47-27(3)4)24-23-32-33-19-21-37(43-33)39(28-11-7-5-8-12-28)35-17-15-30(41-35)25-31-16-18-36(42-31)40(29-13-9-6-10-14-29)38-22-20-34(32)44-38/h5-27,41,44H,1-4H3/b24-23+,30-25?,31-25?,33-32?,34-32?,39-35?,39-37?,40-36?,40-38?. The van der Waals surface area contributed by atoms with Crippen molar-refractivity contribution in [2.45, 2.75) is 39.9 Å². The third-order valence-corrected chi connectivity index (χ3v) is 9.83. The van der Waals surface area contributed by atoms with E-state index in [-0.39, 0.29) is 12.2 Å². The van der Waals surface area contributed by atoms with E-state index in [0.29, 0.717) is 5.69 Å². The fourth-order valence-corrected chi connectivity index (χ4v) is 7.70. The van der Waals surface area contributed by atoms with E-state index >= 15 is 0 Å². The largest absolute Gasteiger partial charge is 0.355 e. The highest BCUT2D eigenvalue weighted by atomic mass is 31.2. The molecule has 2 aliphatic rings. The van der Waals surface area contributed by atoms with Crippen LogP contribution in [0.15, 0.2) is 96.8 Å². The van der Waals surface area contributed by atoms with Crippen LogP contribution in [0.3, 0.4) is 0 Å². The molecule has 2 N–H and O–H groups in total. The highest BCUT2D eigenvalue weighted by molar-refractivity contribution is 7.57. The topological polar surface area (TPSA) is 92.9 Å². The molecule has 0 fully saturated rings. The Labute approximate surface area is 280 Å². The number of H-pyrrole nitrogens is 2. The highest BCUT2D eigenvalue weighted by Crippen LogP contribution is 2.52. The smallest absolute Gasteiger partial charge is 0.354 e. The lowest BCUT2D eigenvalue weighted by Gasteiger charge is -2.19. The number of aromatic nitrogens is 4. The highest BCUT2D eigenvalue weighted by Gasteiger charge is 2.25. The Hall–Kier alpha value is -5.07. The molecule has 5 heterocycles. The van der Waals surface area contributed by atoms with E-state index in [4.69, 9.17) is 19.0 Å². The van der Waals surface area contributed by atoms with E-state index < -0.39 is 7.60 Å². The number of nitrogens with one attached hydrogen (secondary N) is 2. The lowest BCUT2D eigenvalue weighted by Crippen LogP contribution is -2.06. The minimum atomic E-state index is -3.60. The molecule has 7 rings (SSSR count). The Morgan fingerprint density at radius 2 is 1.17 bits per heavy atom. The first-order valence-corrected chi connectivity index (χ1v) is 17.8. The molecule has 0 atom stereocenters. The molecule has 2 aliphatic heterocycles. The fourth-order valence-electron chi connectivity index (χ4n) is 6.00. The third-order valence-electron chi connectivity index (χ3n) is 7.88. The van der Waals surface area contributed by atoms with Gasteiger partial charge in [-0.1, -0.05) is 60.7 Å². The molecular formula is C40H37N4O3P. The van der Waals surface area contributed by atoms with Gasteiger partial charge >= 0.3 is 7.60 Å². The maximum absolute atomic E-state index is 13.9. The van der Waals surface area contributed by atoms with E-state index in [1.54, 1.807) is 11.9 Å².